The van der Waals surface area contributed by atoms with E-state index >= 15 is 0 Å². The SMILES string of the molecule is Cc1ccc2[nH]c(C(=O)NC3CCCC3)c(NC(=O)c3ccc(F)cc3)c2c1. The highest BCUT2D eigenvalue weighted by molar-refractivity contribution is 6.15. The second kappa shape index (κ2) is 7.46. The number of hydrogen-bond donors (Lipinski definition) is 3. The zero-order valence-electron chi connectivity index (χ0n) is 15.6. The summed E-state index contributed by atoms with van der Waals surface area (Å²) < 4.78 is 13.2. The molecule has 1 saturated carbocycles. The molecule has 5 nitrogen and oxygen atoms in total. The number of halogens is 1. The van der Waals surface area contributed by atoms with Crippen LogP contribution in [0.25, 0.3) is 10.9 Å². The monoisotopic (exact) mass is 379 g/mol. The van der Waals surface area contributed by atoms with Crippen molar-refractivity contribution in [3.63, 3.8) is 0 Å². The smallest absolute Gasteiger partial charge is 0.270 e. The molecular formula is C22H22FN3O2. The van der Waals surface area contributed by atoms with Crippen LogP contribution in [-0.2, 0) is 0 Å². The molecule has 2 aromatic carbocycles. The molecular weight excluding hydrogens is 357 g/mol. The molecule has 0 unspecified atom stereocenters. The standard InChI is InChI=1S/C22H22FN3O2/c1-13-6-11-18-17(12-13)19(26-21(27)14-7-9-15(23)10-8-14)20(25-18)22(28)24-16-4-2-3-5-16/h6-12,16,25H,2-5H2,1H3,(H,24,28)(H,26,27). The molecule has 1 heterocycles. The lowest BCUT2D eigenvalue weighted by Crippen LogP contribution is -2.33. The van der Waals surface area contributed by atoms with E-state index in [1.807, 2.05) is 25.1 Å². The highest BCUT2D eigenvalue weighted by Crippen LogP contribution is 2.30. The van der Waals surface area contributed by atoms with Crippen molar-refractivity contribution in [1.29, 1.82) is 0 Å². The van der Waals surface area contributed by atoms with Gasteiger partial charge in [0.15, 0.2) is 0 Å². The predicted octanol–water partition coefficient (Wildman–Crippen LogP) is 4.54. The van der Waals surface area contributed by atoms with Crippen molar-refractivity contribution >= 4 is 28.4 Å². The third kappa shape index (κ3) is 3.63. The van der Waals surface area contributed by atoms with Crippen molar-refractivity contribution in [3.8, 4) is 0 Å². The maximum Gasteiger partial charge on any atom is 0.270 e. The number of hydrogen-bond acceptors (Lipinski definition) is 2. The van der Waals surface area contributed by atoms with Gasteiger partial charge >= 0.3 is 0 Å². The van der Waals surface area contributed by atoms with E-state index in [1.54, 1.807) is 0 Å². The van der Waals surface area contributed by atoms with Crippen LogP contribution in [-0.4, -0.2) is 22.8 Å². The molecule has 0 saturated heterocycles. The number of nitrogens with one attached hydrogen (secondary N) is 3. The number of fused-ring (bicyclic) bond motifs is 1. The first kappa shape index (κ1) is 18.2. The Balaban J connectivity index is 1.69. The van der Waals surface area contributed by atoms with Gasteiger partial charge in [-0.05, 0) is 56.2 Å². The van der Waals surface area contributed by atoms with Crippen molar-refractivity contribution in [1.82, 2.24) is 10.3 Å². The lowest BCUT2D eigenvalue weighted by atomic mass is 10.1. The molecule has 0 aliphatic heterocycles. The number of benzene rings is 2. The molecule has 0 atom stereocenters. The van der Waals surface area contributed by atoms with Crippen LogP contribution in [0.1, 0.15) is 52.1 Å². The van der Waals surface area contributed by atoms with Crippen LogP contribution in [0.15, 0.2) is 42.5 Å². The fraction of sp³-hybridized carbons (Fsp3) is 0.273. The van der Waals surface area contributed by atoms with Crippen LogP contribution >= 0.6 is 0 Å². The number of carbonyl (C=O) groups excluding carboxylic acids is 2. The number of aromatic amines is 1. The van der Waals surface area contributed by atoms with Gasteiger partial charge in [0.1, 0.15) is 11.5 Å². The lowest BCUT2D eigenvalue weighted by molar-refractivity contribution is 0.0934. The second-order valence-corrected chi connectivity index (χ2v) is 7.34. The summed E-state index contributed by atoms with van der Waals surface area (Å²) in [6.45, 7) is 1.95. The summed E-state index contributed by atoms with van der Waals surface area (Å²) in [4.78, 5) is 28.7. The summed E-state index contributed by atoms with van der Waals surface area (Å²) in [6.07, 6.45) is 4.18. The Morgan fingerprint density at radius 1 is 1.04 bits per heavy atom. The Morgan fingerprint density at radius 2 is 1.75 bits per heavy atom. The van der Waals surface area contributed by atoms with E-state index in [0.29, 0.717) is 16.9 Å². The number of anilines is 1. The lowest BCUT2D eigenvalue weighted by Gasteiger charge is -2.13. The zero-order chi connectivity index (χ0) is 19.7. The second-order valence-electron chi connectivity index (χ2n) is 7.34. The third-order valence-electron chi connectivity index (χ3n) is 5.22. The van der Waals surface area contributed by atoms with Crippen molar-refractivity contribution in [3.05, 3.63) is 65.1 Å². The van der Waals surface area contributed by atoms with Crippen LogP contribution in [0, 0.1) is 12.7 Å². The van der Waals surface area contributed by atoms with Gasteiger partial charge in [-0.2, -0.15) is 0 Å². The third-order valence-corrected chi connectivity index (χ3v) is 5.22. The topological polar surface area (TPSA) is 74.0 Å². The van der Waals surface area contributed by atoms with Gasteiger partial charge in [0.05, 0.1) is 5.69 Å². The molecule has 0 radical (unpaired) electrons. The normalized spacial score (nSPS) is 14.4. The quantitative estimate of drug-likeness (QED) is 0.623. The zero-order valence-corrected chi connectivity index (χ0v) is 15.6. The predicted molar refractivity (Wildman–Crippen MR) is 107 cm³/mol. The molecule has 0 spiro atoms. The molecule has 3 aromatic rings. The van der Waals surface area contributed by atoms with Gasteiger partial charge in [0.2, 0.25) is 0 Å². The first-order chi connectivity index (χ1) is 13.5. The molecule has 1 aromatic heterocycles. The highest BCUT2D eigenvalue weighted by Gasteiger charge is 2.24. The summed E-state index contributed by atoms with van der Waals surface area (Å²) >= 11 is 0. The number of H-pyrrole nitrogens is 1. The summed E-state index contributed by atoms with van der Waals surface area (Å²) in [7, 11) is 0. The fourth-order valence-electron chi connectivity index (χ4n) is 3.72. The van der Waals surface area contributed by atoms with Crippen LogP contribution < -0.4 is 10.6 Å². The minimum Gasteiger partial charge on any atom is -0.349 e. The summed E-state index contributed by atoms with van der Waals surface area (Å²) in [5.41, 5.74) is 2.90. The van der Waals surface area contributed by atoms with Gasteiger partial charge in [-0.3, -0.25) is 9.59 Å². The molecule has 0 bridgehead atoms. The van der Waals surface area contributed by atoms with E-state index < -0.39 is 11.7 Å². The molecule has 1 aliphatic carbocycles. The van der Waals surface area contributed by atoms with Crippen molar-refractivity contribution in [2.75, 3.05) is 5.32 Å². The summed E-state index contributed by atoms with van der Waals surface area (Å²) in [5, 5.41) is 6.68. The van der Waals surface area contributed by atoms with Gasteiger partial charge in [-0.25, -0.2) is 4.39 Å². The Morgan fingerprint density at radius 3 is 2.46 bits per heavy atom. The Hall–Kier alpha value is -3.15. The van der Waals surface area contributed by atoms with Gasteiger partial charge in [-0.15, -0.1) is 0 Å². The summed E-state index contributed by atoms with van der Waals surface area (Å²) in [6, 6.07) is 11.3. The molecule has 4 rings (SSSR count). The first-order valence-electron chi connectivity index (χ1n) is 9.51. The van der Waals surface area contributed by atoms with Crippen molar-refractivity contribution in [2.24, 2.45) is 0 Å². The number of aryl methyl sites for hydroxylation is 1. The highest BCUT2D eigenvalue weighted by atomic mass is 19.1. The van der Waals surface area contributed by atoms with Gasteiger partial charge in [0.25, 0.3) is 11.8 Å². The Bertz CT molecular complexity index is 1030. The van der Waals surface area contributed by atoms with Crippen LogP contribution in [0.4, 0.5) is 10.1 Å². The van der Waals surface area contributed by atoms with E-state index in [2.05, 4.69) is 15.6 Å². The number of rotatable bonds is 4. The Kier molecular flexibility index (Phi) is 4.86. The van der Waals surface area contributed by atoms with Crippen LogP contribution in [0.5, 0.6) is 0 Å². The minimum atomic E-state index is -0.407. The van der Waals surface area contributed by atoms with Gasteiger partial charge in [0, 0.05) is 22.5 Å². The summed E-state index contributed by atoms with van der Waals surface area (Å²) in [5.74, 6) is -1.02. The fourth-order valence-corrected chi connectivity index (χ4v) is 3.72. The molecule has 3 N–H and O–H groups in total. The Labute approximate surface area is 162 Å². The van der Waals surface area contributed by atoms with E-state index in [1.165, 1.54) is 24.3 Å². The average Bonchev–Trinajstić information content (AvgIpc) is 3.30. The maximum absolute atomic E-state index is 13.2. The minimum absolute atomic E-state index is 0.168. The number of aromatic nitrogens is 1. The maximum atomic E-state index is 13.2. The largest absolute Gasteiger partial charge is 0.349 e. The van der Waals surface area contributed by atoms with Crippen LogP contribution in [0.2, 0.25) is 0 Å². The van der Waals surface area contributed by atoms with Crippen LogP contribution in [0.3, 0.4) is 0 Å². The van der Waals surface area contributed by atoms with E-state index in [4.69, 9.17) is 0 Å². The van der Waals surface area contributed by atoms with Crippen molar-refractivity contribution in [2.45, 2.75) is 38.6 Å². The van der Waals surface area contributed by atoms with Crippen molar-refractivity contribution < 1.29 is 14.0 Å². The molecule has 6 heteroatoms. The molecule has 28 heavy (non-hydrogen) atoms. The number of amides is 2. The van der Waals surface area contributed by atoms with E-state index in [0.717, 1.165) is 42.1 Å². The molecule has 2 amide bonds. The molecule has 1 fully saturated rings. The molecule has 1 aliphatic rings. The first-order valence-corrected chi connectivity index (χ1v) is 9.51. The molecule has 144 valence electrons. The van der Waals surface area contributed by atoms with E-state index in [-0.39, 0.29) is 11.9 Å². The van der Waals surface area contributed by atoms with Gasteiger partial charge in [-0.1, -0.05) is 24.5 Å². The van der Waals surface area contributed by atoms with E-state index in [9.17, 15) is 14.0 Å². The number of carbonyl (C=O) groups is 2. The van der Waals surface area contributed by atoms with Gasteiger partial charge < -0.3 is 15.6 Å². The average molecular weight is 379 g/mol.